The quantitative estimate of drug-likeness (QED) is 0.618. The summed E-state index contributed by atoms with van der Waals surface area (Å²) >= 11 is 1.36. The lowest BCUT2D eigenvalue weighted by molar-refractivity contribution is -0.137. The van der Waals surface area contributed by atoms with E-state index >= 15 is 0 Å². The van der Waals surface area contributed by atoms with Gasteiger partial charge in [-0.2, -0.15) is 18.2 Å². The lowest BCUT2D eigenvalue weighted by atomic mass is 10.1. The average molecular weight is 378 g/mol. The van der Waals surface area contributed by atoms with Crippen molar-refractivity contribution in [2.45, 2.75) is 33.0 Å². The molecule has 0 aliphatic heterocycles. The van der Waals surface area contributed by atoms with Crippen molar-refractivity contribution >= 4 is 27.5 Å². The summed E-state index contributed by atoms with van der Waals surface area (Å²) in [6.45, 7) is 4.68. The summed E-state index contributed by atoms with van der Waals surface area (Å²) in [7, 11) is 0. The van der Waals surface area contributed by atoms with Gasteiger partial charge >= 0.3 is 6.18 Å². The average Bonchev–Trinajstić information content (AvgIpc) is 2.91. The number of amides is 1. The molecule has 0 N–H and O–H groups in total. The van der Waals surface area contributed by atoms with Gasteiger partial charge in [-0.05, 0) is 49.2 Å². The molecule has 136 valence electrons. The zero-order valence-electron chi connectivity index (χ0n) is 14.3. The number of fused-ring (bicyclic) bond motifs is 1. The number of thiazole rings is 1. The van der Waals surface area contributed by atoms with Crippen LogP contribution in [-0.4, -0.2) is 10.5 Å². The molecule has 3 nitrogen and oxygen atoms in total. The van der Waals surface area contributed by atoms with Crippen molar-refractivity contribution in [1.29, 1.82) is 0 Å². The van der Waals surface area contributed by atoms with Gasteiger partial charge < -0.3 is 4.57 Å². The molecular weight excluding hydrogens is 361 g/mol. The fourth-order valence-corrected chi connectivity index (χ4v) is 3.84. The Labute approximate surface area is 152 Å². The van der Waals surface area contributed by atoms with E-state index in [-0.39, 0.29) is 5.56 Å². The molecule has 2 aromatic carbocycles. The van der Waals surface area contributed by atoms with E-state index in [4.69, 9.17) is 0 Å². The molecule has 1 amide bonds. The van der Waals surface area contributed by atoms with Gasteiger partial charge in [-0.15, -0.1) is 0 Å². The van der Waals surface area contributed by atoms with Gasteiger partial charge in [-0.3, -0.25) is 4.79 Å². The molecule has 1 heterocycles. The summed E-state index contributed by atoms with van der Waals surface area (Å²) in [4.78, 5) is 17.1. The van der Waals surface area contributed by atoms with Crippen LogP contribution in [0.1, 0.15) is 34.8 Å². The minimum Gasteiger partial charge on any atom is -0.316 e. The SMILES string of the molecule is CCCn1c(=NC(=O)c2cccc(C(F)(F)F)c2)sc2cc(C)ccc21. The lowest BCUT2D eigenvalue weighted by Crippen LogP contribution is -2.17. The number of halogens is 3. The van der Waals surface area contributed by atoms with Crippen LogP contribution >= 0.6 is 11.3 Å². The smallest absolute Gasteiger partial charge is 0.316 e. The molecule has 0 bridgehead atoms. The van der Waals surface area contributed by atoms with Crippen molar-refractivity contribution in [3.63, 3.8) is 0 Å². The summed E-state index contributed by atoms with van der Waals surface area (Å²) < 4.78 is 41.5. The van der Waals surface area contributed by atoms with Gasteiger partial charge in [0.1, 0.15) is 0 Å². The number of nitrogens with zero attached hydrogens (tertiary/aromatic N) is 2. The van der Waals surface area contributed by atoms with Crippen LogP contribution in [-0.2, 0) is 12.7 Å². The fraction of sp³-hybridized carbons (Fsp3) is 0.263. The van der Waals surface area contributed by atoms with E-state index in [0.717, 1.165) is 34.3 Å². The van der Waals surface area contributed by atoms with E-state index in [0.29, 0.717) is 11.3 Å². The second-order valence-corrected chi connectivity index (χ2v) is 7.01. The highest BCUT2D eigenvalue weighted by atomic mass is 32.1. The van der Waals surface area contributed by atoms with Gasteiger partial charge in [0.15, 0.2) is 4.80 Å². The maximum atomic E-state index is 12.9. The van der Waals surface area contributed by atoms with Crippen molar-refractivity contribution in [3.8, 4) is 0 Å². The third-order valence-corrected chi connectivity index (χ3v) is 4.96. The van der Waals surface area contributed by atoms with Gasteiger partial charge in [0.25, 0.3) is 5.91 Å². The highest BCUT2D eigenvalue weighted by Gasteiger charge is 2.30. The number of carbonyl (C=O) groups is 1. The third-order valence-electron chi connectivity index (χ3n) is 3.92. The highest BCUT2D eigenvalue weighted by molar-refractivity contribution is 7.16. The van der Waals surface area contributed by atoms with E-state index in [1.54, 1.807) is 0 Å². The molecule has 0 atom stereocenters. The maximum absolute atomic E-state index is 12.9. The third kappa shape index (κ3) is 3.72. The molecule has 7 heteroatoms. The lowest BCUT2D eigenvalue weighted by Gasteiger charge is -2.07. The second-order valence-electron chi connectivity index (χ2n) is 6.00. The maximum Gasteiger partial charge on any atom is 0.416 e. The van der Waals surface area contributed by atoms with Crippen LogP contribution in [0.25, 0.3) is 10.2 Å². The van der Waals surface area contributed by atoms with E-state index in [1.165, 1.54) is 23.5 Å². The van der Waals surface area contributed by atoms with Crippen LogP contribution in [0.15, 0.2) is 47.5 Å². The van der Waals surface area contributed by atoms with Crippen LogP contribution in [0.2, 0.25) is 0 Å². The summed E-state index contributed by atoms with van der Waals surface area (Å²) in [5, 5.41) is 0. The number of hydrogen-bond donors (Lipinski definition) is 0. The van der Waals surface area contributed by atoms with Crippen LogP contribution in [0.5, 0.6) is 0 Å². The minimum atomic E-state index is -4.49. The number of aromatic nitrogens is 1. The molecule has 0 saturated heterocycles. The Hall–Kier alpha value is -2.41. The van der Waals surface area contributed by atoms with Crippen molar-refractivity contribution in [1.82, 2.24) is 4.57 Å². The Morgan fingerprint density at radius 2 is 1.96 bits per heavy atom. The van der Waals surface area contributed by atoms with E-state index in [1.807, 2.05) is 36.6 Å². The monoisotopic (exact) mass is 378 g/mol. The van der Waals surface area contributed by atoms with Gasteiger partial charge in [0.2, 0.25) is 0 Å². The molecule has 3 rings (SSSR count). The van der Waals surface area contributed by atoms with Crippen LogP contribution < -0.4 is 4.80 Å². The van der Waals surface area contributed by atoms with Crippen LogP contribution in [0.3, 0.4) is 0 Å². The van der Waals surface area contributed by atoms with Crippen molar-refractivity contribution in [2.24, 2.45) is 4.99 Å². The predicted molar refractivity (Wildman–Crippen MR) is 96.2 cm³/mol. The highest BCUT2D eigenvalue weighted by Crippen LogP contribution is 2.29. The van der Waals surface area contributed by atoms with Crippen LogP contribution in [0, 0.1) is 6.92 Å². The molecule has 0 spiro atoms. The van der Waals surface area contributed by atoms with Gasteiger partial charge in [-0.25, -0.2) is 0 Å². The molecule has 0 unspecified atom stereocenters. The number of carbonyl (C=O) groups excluding carboxylic acids is 1. The summed E-state index contributed by atoms with van der Waals surface area (Å²) in [6.07, 6.45) is -3.64. The van der Waals surface area contributed by atoms with Crippen LogP contribution in [0.4, 0.5) is 13.2 Å². The fourth-order valence-electron chi connectivity index (χ4n) is 2.69. The predicted octanol–water partition coefficient (Wildman–Crippen LogP) is 5.18. The number of benzene rings is 2. The minimum absolute atomic E-state index is 0.0727. The first-order valence-electron chi connectivity index (χ1n) is 8.16. The summed E-state index contributed by atoms with van der Waals surface area (Å²) in [5.41, 5.74) is 1.14. The summed E-state index contributed by atoms with van der Waals surface area (Å²) in [6, 6.07) is 10.3. The number of alkyl halides is 3. The Kier molecular flexibility index (Phi) is 5.00. The molecule has 0 radical (unpaired) electrons. The number of hydrogen-bond acceptors (Lipinski definition) is 2. The number of aryl methyl sites for hydroxylation is 2. The summed E-state index contributed by atoms with van der Waals surface area (Å²) in [5.74, 6) is -0.677. The Bertz CT molecular complexity index is 1030. The topological polar surface area (TPSA) is 34.4 Å². The first-order chi connectivity index (χ1) is 12.3. The van der Waals surface area contributed by atoms with E-state index in [9.17, 15) is 18.0 Å². The molecule has 26 heavy (non-hydrogen) atoms. The van der Waals surface area contributed by atoms with Crippen molar-refractivity contribution in [3.05, 3.63) is 64.0 Å². The van der Waals surface area contributed by atoms with E-state index < -0.39 is 17.6 Å². The zero-order chi connectivity index (χ0) is 18.9. The van der Waals surface area contributed by atoms with Crippen molar-refractivity contribution in [2.75, 3.05) is 0 Å². The van der Waals surface area contributed by atoms with E-state index in [2.05, 4.69) is 4.99 Å². The molecular formula is C19H17F3N2OS. The van der Waals surface area contributed by atoms with Gasteiger partial charge in [0.05, 0.1) is 15.8 Å². The Morgan fingerprint density at radius 3 is 2.65 bits per heavy atom. The molecule has 1 aromatic heterocycles. The number of rotatable bonds is 3. The van der Waals surface area contributed by atoms with Gasteiger partial charge in [-0.1, -0.05) is 30.4 Å². The zero-order valence-corrected chi connectivity index (χ0v) is 15.1. The molecule has 0 aliphatic rings. The van der Waals surface area contributed by atoms with Gasteiger partial charge in [0, 0.05) is 12.1 Å². The second kappa shape index (κ2) is 7.07. The van der Waals surface area contributed by atoms with Crippen molar-refractivity contribution < 1.29 is 18.0 Å². The molecule has 0 aliphatic carbocycles. The Balaban J connectivity index is 2.09. The molecule has 0 saturated carbocycles. The standard InChI is InChI=1S/C19H17F3N2OS/c1-3-9-24-15-8-7-12(2)10-16(15)26-18(24)23-17(25)13-5-4-6-14(11-13)19(20,21)22/h4-8,10-11H,3,9H2,1-2H3. The first kappa shape index (κ1) is 18.4. The Morgan fingerprint density at radius 1 is 1.19 bits per heavy atom. The normalized spacial score (nSPS) is 12.7. The largest absolute Gasteiger partial charge is 0.416 e. The molecule has 0 fully saturated rings. The molecule has 3 aromatic rings. The first-order valence-corrected chi connectivity index (χ1v) is 8.97.